The number of carboxylic acids is 1. The van der Waals surface area contributed by atoms with Gasteiger partial charge in [-0.3, -0.25) is 9.78 Å². The van der Waals surface area contributed by atoms with Crippen molar-refractivity contribution in [1.82, 2.24) is 4.98 Å². The second-order valence-corrected chi connectivity index (χ2v) is 4.48. The lowest BCUT2D eigenvalue weighted by molar-refractivity contribution is -0.117. The molecule has 6 nitrogen and oxygen atoms in total. The first-order chi connectivity index (χ1) is 7.78. The van der Waals surface area contributed by atoms with E-state index < -0.39 is 11.5 Å². The van der Waals surface area contributed by atoms with Gasteiger partial charge in [0.05, 0.1) is 17.4 Å². The van der Waals surface area contributed by atoms with Crippen LogP contribution in [0.4, 0.5) is 5.69 Å². The Morgan fingerprint density at radius 3 is 2.65 bits per heavy atom. The number of hydrogen-bond acceptors (Lipinski definition) is 4. The summed E-state index contributed by atoms with van der Waals surface area (Å²) in [7, 11) is 0. The highest BCUT2D eigenvalue weighted by Gasteiger charge is 2.16. The van der Waals surface area contributed by atoms with Crippen molar-refractivity contribution in [2.75, 3.05) is 5.32 Å². The number of carbonyl (C=O) groups is 2. The second-order valence-electron chi connectivity index (χ2n) is 4.48. The Morgan fingerprint density at radius 1 is 1.47 bits per heavy atom. The molecule has 0 atom stereocenters. The van der Waals surface area contributed by atoms with E-state index in [2.05, 4.69) is 10.3 Å². The topological polar surface area (TPSA) is 105 Å². The minimum atomic E-state index is -1.09. The van der Waals surface area contributed by atoms with Gasteiger partial charge in [0.25, 0.3) is 0 Å². The molecule has 0 radical (unpaired) electrons. The van der Waals surface area contributed by atoms with Crippen molar-refractivity contribution in [2.24, 2.45) is 5.73 Å². The van der Waals surface area contributed by atoms with Crippen molar-refractivity contribution in [3.8, 4) is 0 Å². The summed E-state index contributed by atoms with van der Waals surface area (Å²) in [5, 5.41) is 11.3. The van der Waals surface area contributed by atoms with Gasteiger partial charge >= 0.3 is 5.97 Å². The first-order valence-electron chi connectivity index (χ1n) is 5.05. The highest BCUT2D eigenvalue weighted by Crippen LogP contribution is 2.11. The van der Waals surface area contributed by atoms with Gasteiger partial charge in [-0.05, 0) is 19.9 Å². The molecule has 4 N–H and O–H groups in total. The van der Waals surface area contributed by atoms with Crippen molar-refractivity contribution in [2.45, 2.75) is 25.8 Å². The number of carbonyl (C=O) groups excluding carboxylic acids is 1. The Balaban J connectivity index is 2.72. The number of hydrogen-bond donors (Lipinski definition) is 3. The number of nitrogens with zero attached hydrogens (tertiary/aromatic N) is 1. The fraction of sp³-hybridized carbons (Fsp3) is 0.364. The maximum atomic E-state index is 11.5. The van der Waals surface area contributed by atoms with Gasteiger partial charge < -0.3 is 16.2 Å². The van der Waals surface area contributed by atoms with Crippen LogP contribution in [0.5, 0.6) is 0 Å². The highest BCUT2D eigenvalue weighted by atomic mass is 16.4. The van der Waals surface area contributed by atoms with Gasteiger partial charge in [0, 0.05) is 18.2 Å². The standard InChI is InChI=1S/C11H15N3O3/c1-11(2,12)4-9(15)14-8-3-7(10(16)17)5-13-6-8/h3,5-6H,4,12H2,1-2H3,(H,14,15)(H,16,17). The quantitative estimate of drug-likeness (QED) is 0.719. The van der Waals surface area contributed by atoms with Gasteiger partial charge in [0.1, 0.15) is 0 Å². The molecule has 0 unspecified atom stereocenters. The summed E-state index contributed by atoms with van der Waals surface area (Å²) in [5.41, 5.74) is 5.46. The molecule has 1 aromatic rings. The average molecular weight is 237 g/mol. The molecule has 0 bridgehead atoms. The fourth-order valence-corrected chi connectivity index (χ4v) is 1.24. The summed E-state index contributed by atoms with van der Waals surface area (Å²) in [5.74, 6) is -1.37. The molecule has 92 valence electrons. The summed E-state index contributed by atoms with van der Waals surface area (Å²) >= 11 is 0. The molecule has 0 aliphatic heterocycles. The maximum absolute atomic E-state index is 11.5. The molecular formula is C11H15N3O3. The maximum Gasteiger partial charge on any atom is 0.337 e. The van der Waals surface area contributed by atoms with Crippen LogP contribution in [0.25, 0.3) is 0 Å². The first kappa shape index (κ1) is 13.1. The summed E-state index contributed by atoms with van der Waals surface area (Å²) in [4.78, 5) is 26.0. The Labute approximate surface area is 98.8 Å². The molecule has 0 saturated heterocycles. The van der Waals surface area contributed by atoms with Gasteiger partial charge in [-0.25, -0.2) is 4.79 Å². The van der Waals surface area contributed by atoms with E-state index in [9.17, 15) is 9.59 Å². The van der Waals surface area contributed by atoms with Gasteiger partial charge in [0.15, 0.2) is 0 Å². The van der Waals surface area contributed by atoms with Crippen LogP contribution in [-0.4, -0.2) is 27.5 Å². The van der Waals surface area contributed by atoms with E-state index in [1.807, 2.05) is 0 Å². The first-order valence-corrected chi connectivity index (χ1v) is 5.05. The lowest BCUT2D eigenvalue weighted by Gasteiger charge is -2.17. The Kier molecular flexibility index (Phi) is 3.80. The van der Waals surface area contributed by atoms with Crippen LogP contribution < -0.4 is 11.1 Å². The number of nitrogens with two attached hydrogens (primary N) is 1. The molecule has 0 fully saturated rings. The van der Waals surface area contributed by atoms with E-state index >= 15 is 0 Å². The second kappa shape index (κ2) is 4.92. The number of nitrogens with one attached hydrogen (secondary N) is 1. The third-order valence-corrected chi connectivity index (χ3v) is 1.89. The SMILES string of the molecule is CC(C)(N)CC(=O)Nc1cncc(C(=O)O)c1. The van der Waals surface area contributed by atoms with Gasteiger partial charge in [-0.1, -0.05) is 0 Å². The van der Waals surface area contributed by atoms with Crippen LogP contribution in [0.3, 0.4) is 0 Å². The van der Waals surface area contributed by atoms with Crippen molar-refractivity contribution in [3.05, 3.63) is 24.0 Å². The van der Waals surface area contributed by atoms with Crippen LogP contribution >= 0.6 is 0 Å². The molecular weight excluding hydrogens is 222 g/mol. The zero-order chi connectivity index (χ0) is 13.1. The van der Waals surface area contributed by atoms with E-state index in [4.69, 9.17) is 10.8 Å². The summed E-state index contributed by atoms with van der Waals surface area (Å²) in [6, 6.07) is 1.34. The molecule has 6 heteroatoms. The monoisotopic (exact) mass is 237 g/mol. The number of aromatic nitrogens is 1. The summed E-state index contributed by atoms with van der Waals surface area (Å²) in [6.45, 7) is 3.47. The molecule has 1 heterocycles. The zero-order valence-electron chi connectivity index (χ0n) is 9.73. The molecule has 0 spiro atoms. The van der Waals surface area contributed by atoms with E-state index in [0.717, 1.165) is 0 Å². The highest BCUT2D eigenvalue weighted by molar-refractivity contribution is 5.93. The zero-order valence-corrected chi connectivity index (χ0v) is 9.73. The van der Waals surface area contributed by atoms with E-state index in [-0.39, 0.29) is 17.9 Å². The van der Waals surface area contributed by atoms with E-state index in [1.54, 1.807) is 13.8 Å². The van der Waals surface area contributed by atoms with Crippen LogP contribution in [0.15, 0.2) is 18.5 Å². The fourth-order valence-electron chi connectivity index (χ4n) is 1.24. The normalized spacial score (nSPS) is 11.0. The Bertz CT molecular complexity index is 438. The van der Waals surface area contributed by atoms with Gasteiger partial charge in [0.2, 0.25) is 5.91 Å². The molecule has 0 saturated carbocycles. The molecule has 0 aliphatic rings. The molecule has 0 aromatic carbocycles. The van der Waals surface area contributed by atoms with Crippen molar-refractivity contribution < 1.29 is 14.7 Å². The number of amides is 1. The minimum Gasteiger partial charge on any atom is -0.478 e. The lowest BCUT2D eigenvalue weighted by Crippen LogP contribution is -2.36. The molecule has 17 heavy (non-hydrogen) atoms. The lowest BCUT2D eigenvalue weighted by atomic mass is 10.0. The van der Waals surface area contributed by atoms with E-state index in [0.29, 0.717) is 5.69 Å². The Morgan fingerprint density at radius 2 is 2.12 bits per heavy atom. The summed E-state index contributed by atoms with van der Waals surface area (Å²) < 4.78 is 0. The molecule has 1 rings (SSSR count). The van der Waals surface area contributed by atoms with Gasteiger partial charge in [-0.2, -0.15) is 0 Å². The number of carboxylic acid groups (broad SMARTS) is 1. The number of anilines is 1. The van der Waals surface area contributed by atoms with Crippen molar-refractivity contribution in [1.29, 1.82) is 0 Å². The number of rotatable bonds is 4. The van der Waals surface area contributed by atoms with E-state index in [1.165, 1.54) is 18.5 Å². The van der Waals surface area contributed by atoms with Gasteiger partial charge in [-0.15, -0.1) is 0 Å². The molecule has 1 amide bonds. The molecule has 0 aliphatic carbocycles. The predicted octanol–water partition coefficient (Wildman–Crippen LogP) is 0.846. The van der Waals surface area contributed by atoms with Crippen molar-refractivity contribution in [3.63, 3.8) is 0 Å². The molecule has 1 aromatic heterocycles. The smallest absolute Gasteiger partial charge is 0.337 e. The Hall–Kier alpha value is -1.95. The van der Waals surface area contributed by atoms with Crippen LogP contribution in [0.2, 0.25) is 0 Å². The summed E-state index contributed by atoms with van der Waals surface area (Å²) in [6.07, 6.45) is 2.74. The third kappa shape index (κ3) is 4.60. The van der Waals surface area contributed by atoms with Crippen molar-refractivity contribution >= 4 is 17.6 Å². The number of aromatic carboxylic acids is 1. The minimum absolute atomic E-state index is 0.0230. The number of pyridine rings is 1. The van der Waals surface area contributed by atoms with Crippen LogP contribution in [0, 0.1) is 0 Å². The predicted molar refractivity (Wildman–Crippen MR) is 62.7 cm³/mol. The van der Waals surface area contributed by atoms with Crippen LogP contribution in [0.1, 0.15) is 30.6 Å². The third-order valence-electron chi connectivity index (χ3n) is 1.89. The largest absolute Gasteiger partial charge is 0.478 e. The average Bonchev–Trinajstić information content (AvgIpc) is 2.14. The van der Waals surface area contributed by atoms with Crippen LogP contribution in [-0.2, 0) is 4.79 Å².